The van der Waals surface area contributed by atoms with Crippen molar-refractivity contribution in [2.24, 2.45) is 11.8 Å². The van der Waals surface area contributed by atoms with E-state index in [1.165, 1.54) is 25.7 Å². The number of amides is 2. The second-order valence-electron chi connectivity index (χ2n) is 9.37. The molecule has 1 aliphatic carbocycles. The molecule has 1 aromatic heterocycles. The minimum absolute atomic E-state index is 0.0874. The fourth-order valence-electron chi connectivity index (χ4n) is 5.99. The number of nitrogens with zero attached hydrogens (tertiary/aromatic N) is 3. The third-order valence-electron chi connectivity index (χ3n) is 7.73. The topological polar surface area (TPSA) is 78.7 Å². The average Bonchev–Trinajstić information content (AvgIpc) is 3.16. The molecule has 4 heterocycles. The maximum Gasteiger partial charge on any atom is 0.289 e. The van der Waals surface area contributed by atoms with Crippen molar-refractivity contribution >= 4 is 11.8 Å². The fraction of sp³-hybridized carbons (Fsp3) is 0.773. The molecule has 29 heavy (non-hydrogen) atoms. The van der Waals surface area contributed by atoms with Gasteiger partial charge in [0.1, 0.15) is 0 Å². The van der Waals surface area contributed by atoms with Crippen molar-refractivity contribution in [2.45, 2.75) is 76.4 Å². The Labute approximate surface area is 172 Å². The molecular formula is C22H32N4O3. The molecule has 0 unspecified atom stereocenters. The second-order valence-corrected chi connectivity index (χ2v) is 9.37. The zero-order chi connectivity index (χ0) is 20.0. The van der Waals surface area contributed by atoms with Crippen LogP contribution in [-0.4, -0.2) is 64.5 Å². The summed E-state index contributed by atoms with van der Waals surface area (Å²) in [6.45, 7) is 4.68. The molecule has 1 aromatic rings. The molecule has 2 bridgehead atoms. The number of hydrogen-bond acceptors (Lipinski definition) is 5. The van der Waals surface area contributed by atoms with Crippen LogP contribution in [0.4, 0.5) is 0 Å². The number of nitrogens with one attached hydrogen (secondary N) is 1. The van der Waals surface area contributed by atoms with Crippen molar-refractivity contribution in [3.05, 3.63) is 17.5 Å². The smallest absolute Gasteiger partial charge is 0.289 e. The third-order valence-corrected chi connectivity index (χ3v) is 7.73. The molecule has 3 saturated heterocycles. The van der Waals surface area contributed by atoms with Gasteiger partial charge in [-0.25, -0.2) is 0 Å². The van der Waals surface area contributed by atoms with Gasteiger partial charge in [0.2, 0.25) is 11.7 Å². The monoisotopic (exact) mass is 400 g/mol. The summed E-state index contributed by atoms with van der Waals surface area (Å²) in [4.78, 5) is 30.3. The summed E-state index contributed by atoms with van der Waals surface area (Å²) in [5.41, 5.74) is 0.783. The van der Waals surface area contributed by atoms with Gasteiger partial charge >= 0.3 is 0 Å². The van der Waals surface area contributed by atoms with Crippen LogP contribution in [-0.2, 0) is 11.2 Å². The molecule has 1 saturated carbocycles. The van der Waals surface area contributed by atoms with Crippen LogP contribution in [0.3, 0.4) is 0 Å². The molecule has 5 rings (SSSR count). The Morgan fingerprint density at radius 2 is 2.07 bits per heavy atom. The standard InChI is InChI=1S/C22H32N4O3/c1-2-16-10-20(29-24-16)22(28)23-11-19-15-9-14(12-25(13-15)17-5-3-6-17)18-7-4-8-21(27)26(18)19/h10,14-15,17-19H,2-9,11-13H2,1H3,(H,23,28)/t14-,15+,18+,19+/m1/s1. The van der Waals surface area contributed by atoms with Gasteiger partial charge in [-0.3, -0.25) is 14.5 Å². The molecule has 0 radical (unpaired) electrons. The van der Waals surface area contributed by atoms with E-state index in [4.69, 9.17) is 4.52 Å². The number of piperidine rings is 3. The Morgan fingerprint density at radius 3 is 2.79 bits per heavy atom. The Balaban J connectivity index is 1.32. The van der Waals surface area contributed by atoms with Crippen molar-refractivity contribution in [2.75, 3.05) is 19.6 Å². The van der Waals surface area contributed by atoms with E-state index in [2.05, 4.69) is 20.3 Å². The highest BCUT2D eigenvalue weighted by Crippen LogP contribution is 2.43. The van der Waals surface area contributed by atoms with Crippen LogP contribution in [0.15, 0.2) is 10.6 Å². The molecule has 2 amide bonds. The van der Waals surface area contributed by atoms with Crippen LogP contribution in [0.5, 0.6) is 0 Å². The van der Waals surface area contributed by atoms with E-state index in [1.54, 1.807) is 6.07 Å². The van der Waals surface area contributed by atoms with E-state index in [1.807, 2.05) is 6.92 Å². The number of rotatable bonds is 5. The van der Waals surface area contributed by atoms with E-state index in [0.717, 1.165) is 44.1 Å². The zero-order valence-corrected chi connectivity index (χ0v) is 17.3. The lowest BCUT2D eigenvalue weighted by atomic mass is 9.71. The van der Waals surface area contributed by atoms with Crippen molar-refractivity contribution in [3.8, 4) is 0 Å². The number of aryl methyl sites for hydroxylation is 1. The Hall–Kier alpha value is -1.89. The van der Waals surface area contributed by atoms with Gasteiger partial charge in [-0.05, 0) is 50.4 Å². The van der Waals surface area contributed by atoms with Gasteiger partial charge in [-0.2, -0.15) is 0 Å². The van der Waals surface area contributed by atoms with Crippen LogP contribution in [0, 0.1) is 11.8 Å². The summed E-state index contributed by atoms with van der Waals surface area (Å²) in [6, 6.07) is 2.88. The predicted octanol–water partition coefficient (Wildman–Crippen LogP) is 2.22. The summed E-state index contributed by atoms with van der Waals surface area (Å²) < 4.78 is 5.19. The number of aromatic nitrogens is 1. The van der Waals surface area contributed by atoms with Gasteiger partial charge in [-0.15, -0.1) is 0 Å². The Bertz CT molecular complexity index is 774. The van der Waals surface area contributed by atoms with E-state index in [-0.39, 0.29) is 23.6 Å². The molecule has 158 valence electrons. The fourth-order valence-corrected chi connectivity index (χ4v) is 5.99. The predicted molar refractivity (Wildman–Crippen MR) is 107 cm³/mol. The SMILES string of the molecule is CCc1cc(C(=O)NC[C@H]2[C@H]3C[C@H](CN(C4CCC4)C3)[C@@H]3CCCC(=O)N32)on1. The Morgan fingerprint density at radius 1 is 1.24 bits per heavy atom. The highest BCUT2D eigenvalue weighted by atomic mass is 16.5. The van der Waals surface area contributed by atoms with Crippen LogP contribution < -0.4 is 5.32 Å². The number of carbonyl (C=O) groups excluding carboxylic acids is 2. The van der Waals surface area contributed by atoms with Crippen LogP contribution >= 0.6 is 0 Å². The third kappa shape index (κ3) is 3.47. The van der Waals surface area contributed by atoms with Crippen LogP contribution in [0.25, 0.3) is 0 Å². The summed E-state index contributed by atoms with van der Waals surface area (Å²) in [6.07, 6.45) is 8.66. The maximum absolute atomic E-state index is 12.9. The van der Waals surface area contributed by atoms with Gasteiger partial charge in [0.25, 0.3) is 5.91 Å². The number of carbonyl (C=O) groups is 2. The number of fused-ring (bicyclic) bond motifs is 4. The molecular weight excluding hydrogens is 368 g/mol. The molecule has 3 aliphatic heterocycles. The van der Waals surface area contributed by atoms with Crippen molar-refractivity contribution in [3.63, 3.8) is 0 Å². The minimum atomic E-state index is -0.230. The molecule has 7 nitrogen and oxygen atoms in total. The molecule has 4 fully saturated rings. The maximum atomic E-state index is 12.9. The quantitative estimate of drug-likeness (QED) is 0.820. The van der Waals surface area contributed by atoms with Crippen LogP contribution in [0.2, 0.25) is 0 Å². The van der Waals surface area contributed by atoms with Crippen LogP contribution in [0.1, 0.15) is 68.1 Å². The van der Waals surface area contributed by atoms with Crippen molar-refractivity contribution in [1.82, 2.24) is 20.3 Å². The van der Waals surface area contributed by atoms with E-state index < -0.39 is 0 Å². The van der Waals surface area contributed by atoms with Crippen molar-refractivity contribution in [1.29, 1.82) is 0 Å². The van der Waals surface area contributed by atoms with E-state index >= 15 is 0 Å². The van der Waals surface area contributed by atoms with Crippen molar-refractivity contribution < 1.29 is 14.1 Å². The molecule has 4 aliphatic rings. The number of likely N-dealkylation sites (tertiary alicyclic amines) is 1. The molecule has 4 atom stereocenters. The van der Waals surface area contributed by atoms with E-state index in [9.17, 15) is 9.59 Å². The zero-order valence-electron chi connectivity index (χ0n) is 17.3. The first-order chi connectivity index (χ1) is 14.1. The van der Waals surface area contributed by atoms with Gasteiger partial charge < -0.3 is 14.7 Å². The Kier molecular flexibility index (Phi) is 5.10. The second kappa shape index (κ2) is 7.74. The summed E-state index contributed by atoms with van der Waals surface area (Å²) in [5, 5.41) is 6.97. The number of hydrogen-bond donors (Lipinski definition) is 1. The van der Waals surface area contributed by atoms with Gasteiger partial charge in [0, 0.05) is 44.2 Å². The van der Waals surface area contributed by atoms with Gasteiger partial charge in [-0.1, -0.05) is 18.5 Å². The summed E-state index contributed by atoms with van der Waals surface area (Å²) in [5.74, 6) is 1.34. The minimum Gasteiger partial charge on any atom is -0.351 e. The van der Waals surface area contributed by atoms with Gasteiger partial charge in [0.05, 0.1) is 11.7 Å². The lowest BCUT2D eigenvalue weighted by Gasteiger charge is -2.58. The molecule has 0 aromatic carbocycles. The first-order valence-corrected chi connectivity index (χ1v) is 11.4. The lowest BCUT2D eigenvalue weighted by molar-refractivity contribution is -0.154. The highest BCUT2D eigenvalue weighted by molar-refractivity contribution is 5.91. The molecule has 0 spiro atoms. The molecule has 7 heteroatoms. The van der Waals surface area contributed by atoms with Gasteiger partial charge in [0.15, 0.2) is 0 Å². The summed E-state index contributed by atoms with van der Waals surface area (Å²) >= 11 is 0. The normalized spacial score (nSPS) is 32.6. The first-order valence-electron chi connectivity index (χ1n) is 11.4. The molecule has 1 N–H and O–H groups in total. The highest BCUT2D eigenvalue weighted by Gasteiger charge is 2.50. The first kappa shape index (κ1) is 19.1. The lowest BCUT2D eigenvalue weighted by Crippen LogP contribution is -2.68. The van der Waals surface area contributed by atoms with E-state index in [0.29, 0.717) is 30.8 Å². The largest absolute Gasteiger partial charge is 0.351 e. The summed E-state index contributed by atoms with van der Waals surface area (Å²) in [7, 11) is 0. The average molecular weight is 401 g/mol.